The Labute approximate surface area is 284 Å². The molecule has 1 N–H and O–H groups in total. The van der Waals surface area contributed by atoms with E-state index in [-0.39, 0.29) is 0 Å². The van der Waals surface area contributed by atoms with E-state index in [0.717, 1.165) is 48.9 Å². The van der Waals surface area contributed by atoms with E-state index < -0.39 is 31.1 Å². The van der Waals surface area contributed by atoms with Crippen LogP contribution in [0.15, 0.2) is 84.9 Å². The first kappa shape index (κ1) is 32.5. The lowest BCUT2D eigenvalue weighted by Gasteiger charge is -2.39. The van der Waals surface area contributed by atoms with Crippen molar-refractivity contribution in [2.75, 3.05) is 35.0 Å². The van der Waals surface area contributed by atoms with Crippen LogP contribution in [0.25, 0.3) is 0 Å². The molecule has 2 fully saturated rings. The van der Waals surface area contributed by atoms with Gasteiger partial charge in [-0.25, -0.2) is 0 Å². The van der Waals surface area contributed by atoms with Crippen molar-refractivity contribution in [2.45, 2.75) is 37.6 Å². The third-order valence-corrected chi connectivity index (χ3v) is 9.56. The van der Waals surface area contributed by atoms with Crippen LogP contribution < -0.4 is 23.8 Å². The van der Waals surface area contributed by atoms with Crippen molar-refractivity contribution in [2.24, 2.45) is 0 Å². The van der Waals surface area contributed by atoms with E-state index in [1.807, 2.05) is 18.2 Å². The van der Waals surface area contributed by atoms with Crippen molar-refractivity contribution in [3.05, 3.63) is 118 Å². The molecule has 8 rings (SSSR count). The van der Waals surface area contributed by atoms with Gasteiger partial charge in [-0.3, -0.25) is 9.59 Å². The standard InChI is InChI=1S/C21H25NO4.C16H12BO6/c1-23-18-6-5-13-9-17-15-11-20(25-3)19(24-2)10-14(15)7-8-22(17)12-16(13)21(18)26-4;18-15-13(11-7-3-1-4-8-11)20-17(22-15)21-14(16(19)23-17)12-9-5-2-6-10-12/h5-6,10-11,17H,7-9,12H2,1-4H3;1-10,13-14H/q;-1/p+1/t17-;13-,14-,17?/m01/s1. The van der Waals surface area contributed by atoms with Crippen LogP contribution in [0.5, 0.6) is 23.0 Å². The number of carbonyl (C=O) groups excluding carboxylic acids is 2. The van der Waals surface area contributed by atoms with Gasteiger partial charge in [0.25, 0.3) is 11.9 Å². The Bertz CT molecular complexity index is 1790. The maximum absolute atomic E-state index is 12.1. The molecule has 2 saturated heterocycles. The molecule has 12 heteroatoms. The third-order valence-electron chi connectivity index (χ3n) is 9.56. The van der Waals surface area contributed by atoms with Gasteiger partial charge in [0.15, 0.2) is 23.0 Å². The van der Waals surface area contributed by atoms with Gasteiger partial charge in [-0.05, 0) is 40.5 Å². The molecule has 4 aliphatic rings. The number of benzene rings is 4. The number of fused-ring (bicyclic) bond motifs is 4. The molecule has 49 heavy (non-hydrogen) atoms. The summed E-state index contributed by atoms with van der Waals surface area (Å²) in [5.74, 6) is 2.04. The Hall–Kier alpha value is -5.04. The minimum Gasteiger partial charge on any atom is -0.606 e. The highest BCUT2D eigenvalue weighted by Gasteiger charge is 2.57. The summed E-state index contributed by atoms with van der Waals surface area (Å²) in [5, 5.41) is 0. The molecular weight excluding hydrogens is 629 g/mol. The van der Waals surface area contributed by atoms with Gasteiger partial charge < -0.3 is 42.5 Å². The Kier molecular flexibility index (Phi) is 8.93. The molecule has 11 nitrogen and oxygen atoms in total. The normalized spacial score (nSPS) is 22.8. The highest BCUT2D eigenvalue weighted by Crippen LogP contribution is 2.42. The second-order valence-electron chi connectivity index (χ2n) is 12.2. The first-order valence-corrected chi connectivity index (χ1v) is 16.2. The number of ether oxygens (including phenoxy) is 4. The molecule has 4 heterocycles. The monoisotopic (exact) mass is 667 g/mol. The second-order valence-corrected chi connectivity index (χ2v) is 12.2. The summed E-state index contributed by atoms with van der Waals surface area (Å²) in [6, 6.07) is 26.6. The minimum absolute atomic E-state index is 0.434. The Balaban J connectivity index is 0.000000155. The predicted molar refractivity (Wildman–Crippen MR) is 177 cm³/mol. The van der Waals surface area contributed by atoms with Crippen LogP contribution in [0, 0.1) is 0 Å². The summed E-state index contributed by atoms with van der Waals surface area (Å²) in [7, 11) is 6.81. The first-order valence-electron chi connectivity index (χ1n) is 16.2. The SMILES string of the molecule is COc1cc2c(cc1OC)[C@@H]1Cc3ccc(OC)c(OC)c3C[NH+]1CC2.O=C1O[B-]2(OC(=O)[C@@H](c3ccccc3)O2)O[C@@H]1c1ccccc1. The predicted octanol–water partition coefficient (Wildman–Crippen LogP) is 4.01. The topological polar surface area (TPSA) is 112 Å². The Morgan fingerprint density at radius 3 is 1.80 bits per heavy atom. The molecule has 1 unspecified atom stereocenters. The minimum atomic E-state index is -2.87. The van der Waals surface area contributed by atoms with E-state index in [2.05, 4.69) is 18.2 Å². The zero-order valence-corrected chi connectivity index (χ0v) is 27.8. The summed E-state index contributed by atoms with van der Waals surface area (Å²) in [5.41, 5.74) is 6.60. The van der Waals surface area contributed by atoms with Crippen molar-refractivity contribution in [3.8, 4) is 23.0 Å². The van der Waals surface area contributed by atoms with Crippen molar-refractivity contribution in [3.63, 3.8) is 0 Å². The molecule has 0 aromatic heterocycles. The molecule has 4 aromatic carbocycles. The van der Waals surface area contributed by atoms with Crippen LogP contribution in [-0.2, 0) is 47.6 Å². The molecule has 4 atom stereocenters. The fraction of sp³-hybridized carbons (Fsp3) is 0.297. The van der Waals surface area contributed by atoms with Crippen LogP contribution in [0.3, 0.4) is 0 Å². The lowest BCUT2D eigenvalue weighted by Crippen LogP contribution is -3.13. The van der Waals surface area contributed by atoms with Crippen LogP contribution in [0.4, 0.5) is 0 Å². The van der Waals surface area contributed by atoms with Gasteiger partial charge in [0.2, 0.25) is 0 Å². The van der Waals surface area contributed by atoms with Gasteiger partial charge in [0.05, 0.1) is 40.5 Å². The lowest BCUT2D eigenvalue weighted by atomic mass is 9.83. The summed E-state index contributed by atoms with van der Waals surface area (Å²) < 4.78 is 43.6. The summed E-state index contributed by atoms with van der Waals surface area (Å²) >= 11 is 0. The highest BCUT2D eigenvalue weighted by molar-refractivity contribution is 6.61. The van der Waals surface area contributed by atoms with Crippen LogP contribution in [0.2, 0.25) is 0 Å². The summed E-state index contributed by atoms with van der Waals surface area (Å²) in [6.45, 7) is -0.811. The van der Waals surface area contributed by atoms with Crippen molar-refractivity contribution in [1.29, 1.82) is 0 Å². The zero-order chi connectivity index (χ0) is 34.1. The number of hydrogen-bond acceptors (Lipinski definition) is 10. The van der Waals surface area contributed by atoms with Gasteiger partial charge in [0, 0.05) is 18.4 Å². The molecule has 254 valence electrons. The van der Waals surface area contributed by atoms with E-state index in [1.165, 1.54) is 22.3 Å². The molecule has 0 saturated carbocycles. The van der Waals surface area contributed by atoms with Crippen molar-refractivity contribution in [1.82, 2.24) is 0 Å². The molecular formula is C37H38BNO10. The smallest absolute Gasteiger partial charge is 0.606 e. The Morgan fingerprint density at radius 2 is 1.24 bits per heavy atom. The van der Waals surface area contributed by atoms with Crippen LogP contribution in [-0.4, -0.2) is 53.9 Å². The average Bonchev–Trinajstić information content (AvgIpc) is 3.65. The lowest BCUT2D eigenvalue weighted by molar-refractivity contribution is -0.949. The van der Waals surface area contributed by atoms with Crippen LogP contribution >= 0.6 is 0 Å². The molecule has 0 radical (unpaired) electrons. The van der Waals surface area contributed by atoms with E-state index in [4.69, 9.17) is 37.6 Å². The number of rotatable bonds is 6. The maximum Gasteiger partial charge on any atom is 0.657 e. The molecule has 4 aromatic rings. The second kappa shape index (κ2) is 13.5. The molecule has 4 aliphatic heterocycles. The third kappa shape index (κ3) is 6.07. The molecule has 0 bridgehead atoms. The molecule has 0 aliphatic carbocycles. The van der Waals surface area contributed by atoms with Gasteiger partial charge in [-0.1, -0.05) is 66.7 Å². The number of quaternary nitrogens is 1. The highest BCUT2D eigenvalue weighted by atomic mass is 16.9. The first-order chi connectivity index (χ1) is 23.9. The van der Waals surface area contributed by atoms with Gasteiger partial charge >= 0.3 is 6.96 Å². The number of nitrogens with one attached hydrogen (secondary N) is 1. The van der Waals surface area contributed by atoms with Crippen molar-refractivity contribution < 1.29 is 52.1 Å². The average molecular weight is 668 g/mol. The fourth-order valence-electron chi connectivity index (χ4n) is 7.20. The van der Waals surface area contributed by atoms with Gasteiger partial charge in [-0.2, -0.15) is 0 Å². The van der Waals surface area contributed by atoms with Crippen LogP contribution in [0.1, 0.15) is 51.6 Å². The summed E-state index contributed by atoms with van der Waals surface area (Å²) in [6.07, 6.45) is 0.0912. The van der Waals surface area contributed by atoms with E-state index in [9.17, 15) is 9.59 Å². The maximum atomic E-state index is 12.1. The fourth-order valence-corrected chi connectivity index (χ4v) is 7.20. The number of hydrogen-bond donors (Lipinski definition) is 1. The van der Waals surface area contributed by atoms with E-state index >= 15 is 0 Å². The summed E-state index contributed by atoms with van der Waals surface area (Å²) in [4.78, 5) is 25.7. The Morgan fingerprint density at radius 1 is 0.673 bits per heavy atom. The van der Waals surface area contributed by atoms with Crippen molar-refractivity contribution >= 4 is 18.9 Å². The quantitative estimate of drug-likeness (QED) is 0.303. The number of methoxy groups -OCH3 is 4. The number of carbonyl (C=O) groups is 2. The molecule has 0 amide bonds. The largest absolute Gasteiger partial charge is 0.657 e. The zero-order valence-electron chi connectivity index (χ0n) is 27.8. The van der Waals surface area contributed by atoms with E-state index in [1.54, 1.807) is 81.9 Å². The molecule has 1 spiro atoms. The van der Waals surface area contributed by atoms with Gasteiger partial charge in [-0.15, -0.1) is 0 Å². The van der Waals surface area contributed by atoms with E-state index in [0.29, 0.717) is 17.2 Å². The van der Waals surface area contributed by atoms with Gasteiger partial charge in [0.1, 0.15) is 24.8 Å².